The van der Waals surface area contributed by atoms with E-state index in [2.05, 4.69) is 15.6 Å². The average molecular weight is 285 g/mol. The van der Waals surface area contributed by atoms with Gasteiger partial charge in [-0.2, -0.15) is 0 Å². The number of rotatable bonds is 5. The van der Waals surface area contributed by atoms with Crippen LogP contribution in [0.4, 0.5) is 5.69 Å². The van der Waals surface area contributed by atoms with Crippen molar-refractivity contribution in [2.75, 3.05) is 11.9 Å². The molecule has 0 aliphatic heterocycles. The Hall–Kier alpha value is -2.40. The summed E-state index contributed by atoms with van der Waals surface area (Å²) < 4.78 is 0. The Morgan fingerprint density at radius 3 is 2.81 bits per heavy atom. The first-order valence-corrected chi connectivity index (χ1v) is 6.90. The highest BCUT2D eigenvalue weighted by Gasteiger charge is 2.10. The second kappa shape index (κ2) is 6.85. The number of aromatic nitrogens is 1. The van der Waals surface area contributed by atoms with Crippen molar-refractivity contribution in [3.05, 3.63) is 63.6 Å². The van der Waals surface area contributed by atoms with Gasteiger partial charge in [0.05, 0.1) is 5.56 Å². The lowest BCUT2D eigenvalue weighted by Crippen LogP contribution is -2.17. The van der Waals surface area contributed by atoms with Gasteiger partial charge in [-0.3, -0.25) is 9.59 Å². The highest BCUT2D eigenvalue weighted by Crippen LogP contribution is 2.13. The van der Waals surface area contributed by atoms with Crippen LogP contribution in [0.25, 0.3) is 0 Å². The largest absolute Gasteiger partial charge is 0.328 e. The summed E-state index contributed by atoms with van der Waals surface area (Å²) in [6.45, 7) is 5.45. The third-order valence-electron chi connectivity index (χ3n) is 3.14. The Morgan fingerprint density at radius 1 is 1.29 bits per heavy atom. The van der Waals surface area contributed by atoms with Gasteiger partial charge < -0.3 is 15.6 Å². The number of benzene rings is 1. The van der Waals surface area contributed by atoms with E-state index in [1.54, 1.807) is 6.92 Å². The molecule has 1 heterocycles. The van der Waals surface area contributed by atoms with Crippen molar-refractivity contribution in [3.63, 3.8) is 0 Å². The molecule has 1 aromatic heterocycles. The van der Waals surface area contributed by atoms with E-state index in [1.165, 1.54) is 12.3 Å². The van der Waals surface area contributed by atoms with Gasteiger partial charge >= 0.3 is 0 Å². The second-order valence-electron chi connectivity index (χ2n) is 4.83. The SMILES string of the molecule is CCNCc1cccc(NC(=O)c2c[nH]c(=O)cc2C)c1. The topological polar surface area (TPSA) is 74.0 Å². The Bertz CT molecular complexity index is 692. The zero-order valence-corrected chi connectivity index (χ0v) is 12.2. The number of hydrogen-bond acceptors (Lipinski definition) is 3. The lowest BCUT2D eigenvalue weighted by molar-refractivity contribution is 0.102. The third-order valence-corrected chi connectivity index (χ3v) is 3.14. The summed E-state index contributed by atoms with van der Waals surface area (Å²) in [6, 6.07) is 9.10. The number of carbonyl (C=O) groups is 1. The molecular weight excluding hydrogens is 266 g/mol. The molecule has 5 nitrogen and oxygen atoms in total. The van der Waals surface area contributed by atoms with Crippen LogP contribution in [-0.4, -0.2) is 17.4 Å². The van der Waals surface area contributed by atoms with Crippen LogP contribution in [0.15, 0.2) is 41.3 Å². The number of amides is 1. The summed E-state index contributed by atoms with van der Waals surface area (Å²) in [5, 5.41) is 6.09. The summed E-state index contributed by atoms with van der Waals surface area (Å²) in [6.07, 6.45) is 1.44. The molecule has 0 saturated carbocycles. The Kier molecular flexibility index (Phi) is 4.90. The van der Waals surface area contributed by atoms with E-state index in [-0.39, 0.29) is 11.5 Å². The first-order valence-electron chi connectivity index (χ1n) is 6.90. The molecule has 0 aliphatic rings. The second-order valence-corrected chi connectivity index (χ2v) is 4.83. The maximum Gasteiger partial charge on any atom is 0.257 e. The lowest BCUT2D eigenvalue weighted by atomic mass is 10.1. The van der Waals surface area contributed by atoms with E-state index in [4.69, 9.17) is 0 Å². The molecule has 2 aromatic rings. The van der Waals surface area contributed by atoms with Crippen LogP contribution in [-0.2, 0) is 6.54 Å². The first-order chi connectivity index (χ1) is 10.1. The van der Waals surface area contributed by atoms with E-state index in [0.717, 1.165) is 24.3 Å². The smallest absolute Gasteiger partial charge is 0.257 e. The summed E-state index contributed by atoms with van der Waals surface area (Å²) in [5.41, 5.74) is 2.75. The molecule has 21 heavy (non-hydrogen) atoms. The van der Waals surface area contributed by atoms with Crippen molar-refractivity contribution in [3.8, 4) is 0 Å². The summed E-state index contributed by atoms with van der Waals surface area (Å²) >= 11 is 0. The van der Waals surface area contributed by atoms with Gasteiger partial charge in [0.1, 0.15) is 0 Å². The zero-order chi connectivity index (χ0) is 15.2. The van der Waals surface area contributed by atoms with Gasteiger partial charge in [-0.05, 0) is 36.7 Å². The van der Waals surface area contributed by atoms with Gasteiger partial charge in [-0.25, -0.2) is 0 Å². The average Bonchev–Trinajstić information content (AvgIpc) is 2.45. The molecule has 110 valence electrons. The van der Waals surface area contributed by atoms with Crippen molar-refractivity contribution in [1.29, 1.82) is 0 Å². The lowest BCUT2D eigenvalue weighted by Gasteiger charge is -2.09. The first kappa shape index (κ1) is 15.0. The van der Waals surface area contributed by atoms with Crippen LogP contribution < -0.4 is 16.2 Å². The molecule has 1 amide bonds. The number of pyridine rings is 1. The molecular formula is C16H19N3O2. The van der Waals surface area contributed by atoms with Gasteiger partial charge in [0.25, 0.3) is 5.91 Å². The number of H-pyrrole nitrogens is 1. The fourth-order valence-corrected chi connectivity index (χ4v) is 2.04. The minimum atomic E-state index is -0.232. The van der Waals surface area contributed by atoms with Crippen LogP contribution in [0.3, 0.4) is 0 Å². The predicted octanol–water partition coefficient (Wildman–Crippen LogP) is 2.05. The van der Waals surface area contributed by atoms with E-state index in [9.17, 15) is 9.59 Å². The van der Waals surface area contributed by atoms with Crippen LogP contribution in [0, 0.1) is 6.92 Å². The highest BCUT2D eigenvalue weighted by atomic mass is 16.1. The minimum Gasteiger partial charge on any atom is -0.328 e. The Morgan fingerprint density at radius 2 is 2.10 bits per heavy atom. The van der Waals surface area contributed by atoms with Crippen LogP contribution in [0.5, 0.6) is 0 Å². The quantitative estimate of drug-likeness (QED) is 0.787. The Balaban J connectivity index is 2.13. The fourth-order valence-electron chi connectivity index (χ4n) is 2.04. The zero-order valence-electron chi connectivity index (χ0n) is 12.2. The van der Waals surface area contributed by atoms with Gasteiger partial charge in [0.2, 0.25) is 5.56 Å². The number of aryl methyl sites for hydroxylation is 1. The van der Waals surface area contributed by atoms with E-state index in [0.29, 0.717) is 11.1 Å². The van der Waals surface area contributed by atoms with Crippen molar-refractivity contribution in [2.24, 2.45) is 0 Å². The van der Waals surface area contributed by atoms with Gasteiger partial charge in [-0.15, -0.1) is 0 Å². The molecule has 0 bridgehead atoms. The molecule has 0 radical (unpaired) electrons. The van der Waals surface area contributed by atoms with Crippen LogP contribution in [0.1, 0.15) is 28.4 Å². The molecule has 0 spiro atoms. The van der Waals surface area contributed by atoms with Gasteiger partial charge in [0, 0.05) is 24.5 Å². The molecule has 1 aromatic carbocycles. The number of nitrogens with one attached hydrogen (secondary N) is 3. The third kappa shape index (κ3) is 4.03. The monoisotopic (exact) mass is 285 g/mol. The van der Waals surface area contributed by atoms with Crippen molar-refractivity contribution < 1.29 is 4.79 Å². The van der Waals surface area contributed by atoms with Crippen LogP contribution in [0.2, 0.25) is 0 Å². The summed E-state index contributed by atoms with van der Waals surface area (Å²) in [5.74, 6) is -0.232. The standard InChI is InChI=1S/C16H19N3O2/c1-3-17-9-12-5-4-6-13(8-12)19-16(21)14-10-18-15(20)7-11(14)2/h4-8,10,17H,3,9H2,1-2H3,(H,18,20)(H,19,21). The molecule has 0 unspecified atom stereocenters. The van der Waals surface area contributed by atoms with Crippen molar-refractivity contribution in [2.45, 2.75) is 20.4 Å². The maximum atomic E-state index is 12.2. The highest BCUT2D eigenvalue weighted by molar-refractivity contribution is 6.05. The molecule has 0 aliphatic carbocycles. The number of anilines is 1. The predicted molar refractivity (Wildman–Crippen MR) is 83.6 cm³/mol. The molecule has 0 fully saturated rings. The molecule has 0 atom stereocenters. The normalized spacial score (nSPS) is 10.4. The molecule has 0 saturated heterocycles. The number of carbonyl (C=O) groups excluding carboxylic acids is 1. The number of aromatic amines is 1. The minimum absolute atomic E-state index is 0.211. The Labute approximate surface area is 123 Å². The van der Waals surface area contributed by atoms with Crippen molar-refractivity contribution >= 4 is 11.6 Å². The van der Waals surface area contributed by atoms with Gasteiger partial charge in [-0.1, -0.05) is 19.1 Å². The fraction of sp³-hybridized carbons (Fsp3) is 0.250. The molecule has 3 N–H and O–H groups in total. The number of hydrogen-bond donors (Lipinski definition) is 3. The summed E-state index contributed by atoms with van der Waals surface area (Å²) in [4.78, 5) is 25.9. The maximum absolute atomic E-state index is 12.2. The van der Waals surface area contributed by atoms with E-state index < -0.39 is 0 Å². The molecule has 5 heteroatoms. The van der Waals surface area contributed by atoms with E-state index in [1.807, 2.05) is 31.2 Å². The van der Waals surface area contributed by atoms with Gasteiger partial charge in [0.15, 0.2) is 0 Å². The van der Waals surface area contributed by atoms with Crippen molar-refractivity contribution in [1.82, 2.24) is 10.3 Å². The van der Waals surface area contributed by atoms with Crippen LogP contribution >= 0.6 is 0 Å². The summed E-state index contributed by atoms with van der Waals surface area (Å²) in [7, 11) is 0. The van der Waals surface area contributed by atoms with E-state index >= 15 is 0 Å². The molecule has 2 rings (SSSR count).